The quantitative estimate of drug-likeness (QED) is 0.924. The molecule has 130 valence electrons. The minimum Gasteiger partial charge on any atom is -0.366 e. The van der Waals surface area contributed by atoms with Crippen LogP contribution in [0.1, 0.15) is 43.8 Å². The molecule has 4 nitrogen and oxygen atoms in total. The van der Waals surface area contributed by atoms with Gasteiger partial charge in [0.05, 0.1) is 12.6 Å². The Balaban J connectivity index is 1.43. The van der Waals surface area contributed by atoms with Gasteiger partial charge in [0.15, 0.2) is 0 Å². The Bertz CT molecular complexity index is 552. The first-order valence-corrected chi connectivity index (χ1v) is 9.48. The molecule has 1 aliphatic carbocycles. The van der Waals surface area contributed by atoms with Gasteiger partial charge in [0.1, 0.15) is 6.10 Å². The first-order valence-electron chi connectivity index (χ1n) is 9.48. The number of hydrogen-bond acceptors (Lipinski definition) is 3. The number of ether oxygens (including phenoxy) is 1. The molecule has 1 amide bonds. The Morgan fingerprint density at radius 3 is 2.54 bits per heavy atom. The van der Waals surface area contributed by atoms with E-state index in [1.165, 1.54) is 18.4 Å². The van der Waals surface area contributed by atoms with E-state index >= 15 is 0 Å². The van der Waals surface area contributed by atoms with E-state index in [1.54, 1.807) is 0 Å². The van der Waals surface area contributed by atoms with Gasteiger partial charge in [-0.2, -0.15) is 0 Å². The summed E-state index contributed by atoms with van der Waals surface area (Å²) >= 11 is 0. The predicted octanol–water partition coefficient (Wildman–Crippen LogP) is 2.75. The van der Waals surface area contributed by atoms with Gasteiger partial charge in [-0.1, -0.05) is 30.3 Å². The number of carbonyl (C=O) groups is 1. The maximum Gasteiger partial charge on any atom is 0.223 e. The molecule has 2 atom stereocenters. The summed E-state index contributed by atoms with van der Waals surface area (Å²) in [5.74, 6) is 1.54. The largest absolute Gasteiger partial charge is 0.366 e. The number of hydrogen-bond donors (Lipinski definition) is 1. The van der Waals surface area contributed by atoms with Crippen LogP contribution >= 0.6 is 0 Å². The van der Waals surface area contributed by atoms with Crippen LogP contribution in [0.3, 0.4) is 0 Å². The van der Waals surface area contributed by atoms with E-state index in [0.717, 1.165) is 32.5 Å². The molecule has 1 saturated carbocycles. The van der Waals surface area contributed by atoms with Crippen molar-refractivity contribution >= 4 is 5.91 Å². The molecule has 2 saturated heterocycles. The van der Waals surface area contributed by atoms with Crippen molar-refractivity contribution in [1.29, 1.82) is 0 Å². The SMILES string of the molecule is O=C(CC1CCNCC1)N1C[C@@H](c2ccccc2)O[C@@H](C2CC2)C1. The smallest absolute Gasteiger partial charge is 0.223 e. The molecular weight excluding hydrogens is 300 g/mol. The minimum atomic E-state index is 0.0301. The van der Waals surface area contributed by atoms with E-state index < -0.39 is 0 Å². The van der Waals surface area contributed by atoms with Gasteiger partial charge in [0.25, 0.3) is 0 Å². The fourth-order valence-corrected chi connectivity index (χ4v) is 4.03. The summed E-state index contributed by atoms with van der Waals surface area (Å²) in [5, 5.41) is 3.38. The first kappa shape index (κ1) is 16.1. The molecule has 0 bridgehead atoms. The van der Waals surface area contributed by atoms with E-state index in [0.29, 0.717) is 30.7 Å². The topological polar surface area (TPSA) is 41.6 Å². The zero-order chi connectivity index (χ0) is 16.4. The van der Waals surface area contributed by atoms with Crippen LogP contribution in [0.25, 0.3) is 0 Å². The van der Waals surface area contributed by atoms with Crippen LogP contribution < -0.4 is 5.32 Å². The summed E-state index contributed by atoms with van der Waals surface area (Å²) < 4.78 is 6.36. The van der Waals surface area contributed by atoms with Crippen LogP contribution in [-0.2, 0) is 9.53 Å². The number of rotatable bonds is 4. The van der Waals surface area contributed by atoms with Gasteiger partial charge >= 0.3 is 0 Å². The zero-order valence-corrected chi connectivity index (χ0v) is 14.3. The third-order valence-corrected chi connectivity index (χ3v) is 5.72. The molecule has 2 aliphatic heterocycles. The van der Waals surface area contributed by atoms with Gasteiger partial charge in [0, 0.05) is 13.0 Å². The average Bonchev–Trinajstić information content (AvgIpc) is 3.48. The molecule has 0 aromatic heterocycles. The van der Waals surface area contributed by atoms with Crippen molar-refractivity contribution in [2.45, 2.75) is 44.3 Å². The summed E-state index contributed by atoms with van der Waals surface area (Å²) in [6.45, 7) is 3.60. The highest BCUT2D eigenvalue weighted by atomic mass is 16.5. The van der Waals surface area contributed by atoms with Crippen molar-refractivity contribution in [2.75, 3.05) is 26.2 Å². The number of nitrogens with one attached hydrogen (secondary N) is 1. The van der Waals surface area contributed by atoms with E-state index in [9.17, 15) is 4.79 Å². The lowest BCUT2D eigenvalue weighted by molar-refractivity contribution is -0.149. The summed E-state index contributed by atoms with van der Waals surface area (Å²) in [6, 6.07) is 10.4. The van der Waals surface area contributed by atoms with Crippen LogP contribution in [0, 0.1) is 11.8 Å². The number of amides is 1. The van der Waals surface area contributed by atoms with Gasteiger partial charge in [-0.15, -0.1) is 0 Å². The standard InChI is InChI=1S/C20H28N2O2/c23-20(12-15-8-10-21-11-9-15)22-13-18(16-4-2-1-3-5-16)24-19(14-22)17-6-7-17/h1-5,15,17-19,21H,6-14H2/t18-,19+/m0/s1. The van der Waals surface area contributed by atoms with Crippen LogP contribution in [0.2, 0.25) is 0 Å². The molecule has 1 N–H and O–H groups in total. The minimum absolute atomic E-state index is 0.0301. The highest BCUT2D eigenvalue weighted by Crippen LogP contribution is 2.39. The Hall–Kier alpha value is -1.39. The van der Waals surface area contributed by atoms with Crippen LogP contribution in [0.15, 0.2) is 30.3 Å². The van der Waals surface area contributed by atoms with Crippen molar-refractivity contribution in [1.82, 2.24) is 10.2 Å². The first-order chi connectivity index (χ1) is 11.8. The van der Waals surface area contributed by atoms with Crippen LogP contribution in [0.5, 0.6) is 0 Å². The predicted molar refractivity (Wildman–Crippen MR) is 93.6 cm³/mol. The number of carbonyl (C=O) groups excluding carboxylic acids is 1. The van der Waals surface area contributed by atoms with Gasteiger partial charge < -0.3 is 15.0 Å². The van der Waals surface area contributed by atoms with Crippen molar-refractivity contribution in [2.24, 2.45) is 11.8 Å². The summed E-state index contributed by atoms with van der Waals surface area (Å²) in [7, 11) is 0. The normalized spacial score (nSPS) is 28.8. The molecule has 4 heteroatoms. The zero-order valence-electron chi connectivity index (χ0n) is 14.3. The maximum atomic E-state index is 12.9. The Labute approximate surface area is 144 Å². The Morgan fingerprint density at radius 1 is 1.08 bits per heavy atom. The second-order valence-corrected chi connectivity index (χ2v) is 7.61. The number of piperidine rings is 1. The second-order valence-electron chi connectivity index (χ2n) is 7.61. The molecular formula is C20H28N2O2. The summed E-state index contributed by atoms with van der Waals surface area (Å²) in [4.78, 5) is 15.0. The van der Waals surface area contributed by atoms with Crippen molar-refractivity contribution < 1.29 is 9.53 Å². The number of benzene rings is 1. The lowest BCUT2D eigenvalue weighted by atomic mass is 9.93. The molecule has 3 aliphatic rings. The maximum absolute atomic E-state index is 12.9. The Morgan fingerprint density at radius 2 is 1.83 bits per heavy atom. The van der Waals surface area contributed by atoms with Gasteiger partial charge in [-0.05, 0) is 56.2 Å². The molecule has 0 spiro atoms. The molecule has 0 radical (unpaired) electrons. The van der Waals surface area contributed by atoms with Gasteiger partial charge in [-0.25, -0.2) is 0 Å². The molecule has 4 rings (SSSR count). The monoisotopic (exact) mass is 328 g/mol. The summed E-state index contributed by atoms with van der Waals surface area (Å²) in [6.07, 6.45) is 5.73. The van der Waals surface area contributed by atoms with Crippen molar-refractivity contribution in [3.8, 4) is 0 Å². The summed E-state index contributed by atoms with van der Waals surface area (Å²) in [5.41, 5.74) is 1.20. The number of morpholine rings is 1. The average molecular weight is 328 g/mol. The van der Waals surface area contributed by atoms with E-state index in [4.69, 9.17) is 4.74 Å². The fraction of sp³-hybridized carbons (Fsp3) is 0.650. The third-order valence-electron chi connectivity index (χ3n) is 5.72. The molecule has 2 heterocycles. The van der Waals surface area contributed by atoms with Crippen molar-refractivity contribution in [3.63, 3.8) is 0 Å². The second kappa shape index (κ2) is 7.24. The lowest BCUT2D eigenvalue weighted by Gasteiger charge is -2.39. The lowest BCUT2D eigenvalue weighted by Crippen LogP contribution is -2.48. The highest BCUT2D eigenvalue weighted by Gasteiger charge is 2.40. The van der Waals surface area contributed by atoms with E-state index in [-0.39, 0.29) is 12.2 Å². The molecule has 1 aromatic carbocycles. The van der Waals surface area contributed by atoms with Crippen LogP contribution in [-0.4, -0.2) is 43.1 Å². The van der Waals surface area contributed by atoms with Gasteiger partial charge in [0.2, 0.25) is 5.91 Å². The molecule has 24 heavy (non-hydrogen) atoms. The van der Waals surface area contributed by atoms with E-state index in [1.807, 2.05) is 6.07 Å². The fourth-order valence-electron chi connectivity index (χ4n) is 4.03. The molecule has 1 aromatic rings. The third kappa shape index (κ3) is 3.81. The van der Waals surface area contributed by atoms with Crippen molar-refractivity contribution in [3.05, 3.63) is 35.9 Å². The Kier molecular flexibility index (Phi) is 4.86. The molecule has 0 unspecified atom stereocenters. The highest BCUT2D eigenvalue weighted by molar-refractivity contribution is 5.76. The number of nitrogens with zero attached hydrogens (tertiary/aromatic N) is 1. The van der Waals surface area contributed by atoms with E-state index in [2.05, 4.69) is 34.5 Å². The molecule has 3 fully saturated rings. The van der Waals surface area contributed by atoms with Gasteiger partial charge in [-0.3, -0.25) is 4.79 Å². The van der Waals surface area contributed by atoms with Crippen LogP contribution in [0.4, 0.5) is 0 Å².